The molecule has 0 unspecified atom stereocenters. The quantitative estimate of drug-likeness (QED) is 0.733. The van der Waals surface area contributed by atoms with E-state index >= 15 is 0 Å². The lowest BCUT2D eigenvalue weighted by atomic mass is 10.1. The number of amides is 1. The molecule has 1 amide bonds. The number of aromatic nitrogens is 1. The summed E-state index contributed by atoms with van der Waals surface area (Å²) >= 11 is 0.938. The van der Waals surface area contributed by atoms with E-state index in [1.807, 2.05) is 13.8 Å². The van der Waals surface area contributed by atoms with Crippen molar-refractivity contribution in [2.75, 3.05) is 17.3 Å². The first kappa shape index (κ1) is 21.9. The number of nitrogens with zero attached hydrogens (tertiary/aromatic N) is 3. The first-order chi connectivity index (χ1) is 13.7. The highest BCUT2D eigenvalue weighted by Gasteiger charge is 2.15. The van der Waals surface area contributed by atoms with E-state index in [2.05, 4.69) is 5.32 Å². The summed E-state index contributed by atoms with van der Waals surface area (Å²) < 4.78 is 1.64. The summed E-state index contributed by atoms with van der Waals surface area (Å²) in [6.45, 7) is 5.60. The van der Waals surface area contributed by atoms with Crippen LogP contribution in [-0.4, -0.2) is 28.6 Å². The van der Waals surface area contributed by atoms with Gasteiger partial charge in [0.05, 0.1) is 0 Å². The van der Waals surface area contributed by atoms with E-state index in [9.17, 15) is 19.5 Å². The van der Waals surface area contributed by atoms with Crippen LogP contribution in [0, 0.1) is 17.2 Å². The predicted octanol–water partition coefficient (Wildman–Crippen LogP) is 1.16. The van der Waals surface area contributed by atoms with Gasteiger partial charge in [0.15, 0.2) is 5.57 Å². The molecular formula is C20H22N4O4S. The molecule has 2 rings (SSSR count). The monoisotopic (exact) mass is 414 g/mol. The smallest absolute Gasteiger partial charge is 0.349 e. The minimum atomic E-state index is -1.37. The summed E-state index contributed by atoms with van der Waals surface area (Å²) in [6, 6.07) is 8.79. The molecule has 0 aliphatic carbocycles. The lowest BCUT2D eigenvalue weighted by Gasteiger charge is -2.20. The van der Waals surface area contributed by atoms with Crippen LogP contribution in [0.1, 0.15) is 20.8 Å². The Morgan fingerprint density at radius 2 is 2.10 bits per heavy atom. The van der Waals surface area contributed by atoms with Crippen molar-refractivity contribution in [2.24, 2.45) is 5.92 Å². The summed E-state index contributed by atoms with van der Waals surface area (Å²) in [5, 5.41) is 21.3. The van der Waals surface area contributed by atoms with Crippen molar-refractivity contribution >= 4 is 46.4 Å². The summed E-state index contributed by atoms with van der Waals surface area (Å²) in [6.07, 6.45) is 1.48. The molecule has 2 aromatic rings. The van der Waals surface area contributed by atoms with Crippen molar-refractivity contribution < 1.29 is 14.7 Å². The van der Waals surface area contributed by atoms with E-state index in [0.29, 0.717) is 11.4 Å². The largest absolute Gasteiger partial charge is 0.477 e. The number of hydrogen-bond acceptors (Lipinski definition) is 6. The van der Waals surface area contributed by atoms with E-state index in [4.69, 9.17) is 5.26 Å². The van der Waals surface area contributed by atoms with Crippen molar-refractivity contribution in [3.63, 3.8) is 0 Å². The number of benzene rings is 1. The van der Waals surface area contributed by atoms with Gasteiger partial charge in [0, 0.05) is 37.1 Å². The summed E-state index contributed by atoms with van der Waals surface area (Å²) in [7, 11) is 1.70. The van der Waals surface area contributed by atoms with Gasteiger partial charge < -0.3 is 15.3 Å². The predicted molar refractivity (Wildman–Crippen MR) is 113 cm³/mol. The Kier molecular flexibility index (Phi) is 6.96. The van der Waals surface area contributed by atoms with Crippen LogP contribution in [0.4, 0.5) is 11.4 Å². The molecule has 1 aromatic heterocycles. The van der Waals surface area contributed by atoms with E-state index < -0.39 is 11.5 Å². The highest BCUT2D eigenvalue weighted by atomic mass is 32.1. The third-order valence-electron chi connectivity index (χ3n) is 4.19. The second-order valence-electron chi connectivity index (χ2n) is 6.50. The van der Waals surface area contributed by atoms with Crippen LogP contribution in [0.25, 0.3) is 11.8 Å². The Balaban J connectivity index is 2.47. The normalized spacial score (nSPS) is 12.5. The molecule has 29 heavy (non-hydrogen) atoms. The topological polar surface area (TPSA) is 115 Å². The van der Waals surface area contributed by atoms with E-state index in [-0.39, 0.29) is 33.1 Å². The van der Waals surface area contributed by atoms with Gasteiger partial charge in [-0.1, -0.05) is 19.9 Å². The molecule has 0 fully saturated rings. The van der Waals surface area contributed by atoms with Gasteiger partial charge >= 0.3 is 5.97 Å². The number of thiazole rings is 1. The Hall–Kier alpha value is -3.38. The zero-order valence-corrected chi connectivity index (χ0v) is 17.4. The summed E-state index contributed by atoms with van der Waals surface area (Å²) in [4.78, 5) is 37.6. The van der Waals surface area contributed by atoms with Crippen molar-refractivity contribution in [1.82, 2.24) is 4.57 Å². The Bertz CT molecular complexity index is 1150. The fourth-order valence-electron chi connectivity index (χ4n) is 2.65. The number of carboxylic acids is 1. The first-order valence-corrected chi connectivity index (χ1v) is 9.74. The number of aliphatic carboxylic acids is 1. The average molecular weight is 414 g/mol. The lowest BCUT2D eigenvalue weighted by Crippen LogP contribution is -2.32. The zero-order valence-electron chi connectivity index (χ0n) is 16.6. The van der Waals surface area contributed by atoms with Crippen molar-refractivity contribution in [3.05, 3.63) is 43.8 Å². The second-order valence-corrected chi connectivity index (χ2v) is 7.53. The van der Waals surface area contributed by atoms with Gasteiger partial charge in [-0.3, -0.25) is 14.2 Å². The van der Waals surface area contributed by atoms with Gasteiger partial charge in [-0.25, -0.2) is 4.79 Å². The van der Waals surface area contributed by atoms with E-state index in [1.54, 1.807) is 49.2 Å². The molecule has 0 radical (unpaired) electrons. The summed E-state index contributed by atoms with van der Waals surface area (Å²) in [5.74, 6) is -1.53. The molecule has 0 bridgehead atoms. The average Bonchev–Trinajstić information content (AvgIpc) is 3.00. The van der Waals surface area contributed by atoms with Crippen LogP contribution < -0.4 is 25.0 Å². The fraction of sp³-hybridized carbons (Fsp3) is 0.300. The second kappa shape index (κ2) is 9.21. The number of carboxylic acid groups (broad SMARTS) is 1. The van der Waals surface area contributed by atoms with Crippen LogP contribution >= 0.6 is 11.3 Å². The van der Waals surface area contributed by atoms with Crippen LogP contribution in [-0.2, 0) is 16.1 Å². The standard InChI is InChI=1S/C20H22N4O4S/c1-5-24-18(26)16(29-19(24)15(10-21)20(27)28)11-22-13-7-6-8-14(9-13)23(4)17(25)12(2)3/h6-9,11-12,22H,5H2,1-4H3,(H,27,28)/b16-11+,19-15-. The van der Waals surface area contributed by atoms with Crippen LogP contribution in [0.15, 0.2) is 29.1 Å². The van der Waals surface area contributed by atoms with Gasteiger partial charge in [-0.05, 0) is 25.1 Å². The lowest BCUT2D eigenvalue weighted by molar-refractivity contribution is -0.130. The number of hydrogen-bond donors (Lipinski definition) is 2. The highest BCUT2D eigenvalue weighted by molar-refractivity contribution is 7.07. The molecule has 0 saturated carbocycles. The van der Waals surface area contributed by atoms with Crippen molar-refractivity contribution in [1.29, 1.82) is 5.26 Å². The maximum absolute atomic E-state index is 12.6. The van der Waals surface area contributed by atoms with Crippen LogP contribution in [0.2, 0.25) is 0 Å². The highest BCUT2D eigenvalue weighted by Crippen LogP contribution is 2.20. The Labute approximate surface area is 171 Å². The number of anilines is 2. The Morgan fingerprint density at radius 3 is 2.66 bits per heavy atom. The first-order valence-electron chi connectivity index (χ1n) is 8.92. The zero-order chi connectivity index (χ0) is 21.7. The molecule has 0 atom stereocenters. The number of nitriles is 1. The van der Waals surface area contributed by atoms with Crippen molar-refractivity contribution in [3.8, 4) is 6.07 Å². The molecule has 1 aromatic carbocycles. The molecule has 8 nitrogen and oxygen atoms in total. The third-order valence-corrected chi connectivity index (χ3v) is 5.32. The molecule has 0 aliphatic heterocycles. The number of rotatable bonds is 6. The van der Waals surface area contributed by atoms with Crippen molar-refractivity contribution in [2.45, 2.75) is 27.3 Å². The third kappa shape index (κ3) is 4.73. The maximum atomic E-state index is 12.6. The minimum absolute atomic E-state index is 0.0203. The minimum Gasteiger partial charge on any atom is -0.477 e. The van der Waals surface area contributed by atoms with Gasteiger partial charge in [0.2, 0.25) is 5.91 Å². The Morgan fingerprint density at radius 1 is 1.41 bits per heavy atom. The van der Waals surface area contributed by atoms with Gasteiger partial charge in [0.25, 0.3) is 5.56 Å². The van der Waals surface area contributed by atoms with Crippen LogP contribution in [0.3, 0.4) is 0 Å². The molecule has 152 valence electrons. The maximum Gasteiger partial charge on any atom is 0.349 e. The number of carbonyl (C=O) groups is 2. The molecule has 0 saturated heterocycles. The fourth-order valence-corrected chi connectivity index (χ4v) is 3.73. The van der Waals surface area contributed by atoms with Gasteiger partial charge in [-0.15, -0.1) is 11.3 Å². The number of nitrogens with one attached hydrogen (secondary N) is 1. The van der Waals surface area contributed by atoms with Gasteiger partial charge in [-0.2, -0.15) is 5.26 Å². The van der Waals surface area contributed by atoms with Gasteiger partial charge in [0.1, 0.15) is 15.3 Å². The molecule has 2 N–H and O–H groups in total. The molecule has 9 heteroatoms. The molecule has 0 spiro atoms. The molecule has 1 heterocycles. The molecule has 0 aliphatic rings. The summed E-state index contributed by atoms with van der Waals surface area (Å²) in [5.41, 5.74) is 0.513. The number of carbonyl (C=O) groups excluding carboxylic acids is 1. The SMILES string of the molecule is CCn1c(=O)/c(=C\Nc2cccc(N(C)C(=O)C(C)C)c2)s/c1=C(/C#N)C(=O)O. The molecular weight excluding hydrogens is 392 g/mol. The van der Waals surface area contributed by atoms with E-state index in [1.165, 1.54) is 10.8 Å². The van der Waals surface area contributed by atoms with Crippen LogP contribution in [0.5, 0.6) is 0 Å². The van der Waals surface area contributed by atoms with E-state index in [0.717, 1.165) is 11.3 Å².